The largest absolute Gasteiger partial charge is 0.326 e. The number of hydrogen-bond donors (Lipinski definition) is 1. The highest BCUT2D eigenvalue weighted by Crippen LogP contribution is 2.36. The van der Waals surface area contributed by atoms with Crippen LogP contribution >= 0.6 is 11.6 Å². The van der Waals surface area contributed by atoms with Crippen molar-refractivity contribution in [2.24, 2.45) is 5.41 Å². The van der Waals surface area contributed by atoms with E-state index in [1.165, 1.54) is 5.56 Å². The number of benzene rings is 1. The molecular formula is C16H22ClNO. The molecule has 1 unspecified atom stereocenters. The highest BCUT2D eigenvalue weighted by molar-refractivity contribution is 6.20. The van der Waals surface area contributed by atoms with Crippen LogP contribution < -0.4 is 5.32 Å². The number of halogens is 1. The molecule has 2 nitrogen and oxygen atoms in total. The second-order valence-corrected chi connectivity index (χ2v) is 7.08. The lowest BCUT2D eigenvalue weighted by Gasteiger charge is -2.22. The molecule has 0 spiro atoms. The molecule has 0 bridgehead atoms. The summed E-state index contributed by atoms with van der Waals surface area (Å²) in [5.41, 5.74) is 3.54. The smallest absolute Gasteiger partial charge is 0.224 e. The van der Waals surface area contributed by atoms with Gasteiger partial charge in [-0.1, -0.05) is 32.9 Å². The Morgan fingerprint density at radius 2 is 2.05 bits per heavy atom. The van der Waals surface area contributed by atoms with Gasteiger partial charge in [-0.25, -0.2) is 0 Å². The zero-order chi connectivity index (χ0) is 14.0. The van der Waals surface area contributed by atoms with Crippen LogP contribution in [0.15, 0.2) is 18.2 Å². The molecule has 1 aliphatic rings. The van der Waals surface area contributed by atoms with Crippen LogP contribution in [0.1, 0.15) is 56.5 Å². The highest BCUT2D eigenvalue weighted by atomic mass is 35.5. The first-order valence-corrected chi connectivity index (χ1v) is 7.35. The quantitative estimate of drug-likeness (QED) is 0.783. The van der Waals surface area contributed by atoms with E-state index in [1.54, 1.807) is 0 Å². The molecule has 104 valence electrons. The molecule has 1 aliphatic heterocycles. The first kappa shape index (κ1) is 14.4. The van der Waals surface area contributed by atoms with Crippen molar-refractivity contribution in [1.82, 2.24) is 0 Å². The Balaban J connectivity index is 2.21. The molecule has 1 aromatic rings. The summed E-state index contributed by atoms with van der Waals surface area (Å²) in [6, 6.07) is 6.18. The van der Waals surface area contributed by atoms with Crippen LogP contribution in [0.4, 0.5) is 5.69 Å². The predicted octanol–water partition coefficient (Wildman–Crippen LogP) is 4.68. The van der Waals surface area contributed by atoms with Crippen molar-refractivity contribution in [2.75, 3.05) is 5.32 Å². The number of hydrogen-bond acceptors (Lipinski definition) is 1. The minimum Gasteiger partial charge on any atom is -0.326 e. The molecule has 0 aliphatic carbocycles. The number of aryl methyl sites for hydroxylation is 1. The van der Waals surface area contributed by atoms with Crippen molar-refractivity contribution in [3.05, 3.63) is 29.3 Å². The summed E-state index contributed by atoms with van der Waals surface area (Å²) < 4.78 is 0. The van der Waals surface area contributed by atoms with Crippen LogP contribution in [0.2, 0.25) is 0 Å². The number of alkyl halides is 1. The Bertz CT molecular complexity index is 476. The topological polar surface area (TPSA) is 29.1 Å². The summed E-state index contributed by atoms with van der Waals surface area (Å²) in [5.74, 6) is 0.114. The molecule has 1 heterocycles. The molecule has 0 aromatic heterocycles. The molecule has 3 heteroatoms. The summed E-state index contributed by atoms with van der Waals surface area (Å²) in [6.07, 6.45) is 3.41. The van der Waals surface area contributed by atoms with E-state index in [0.717, 1.165) is 30.5 Å². The summed E-state index contributed by atoms with van der Waals surface area (Å²) in [7, 11) is 0. The number of carbonyl (C=O) groups excluding carboxylic acids is 1. The van der Waals surface area contributed by atoms with Crippen molar-refractivity contribution in [2.45, 2.75) is 51.8 Å². The SMILES string of the molecule is CC(C)(C)CC(Cl)c1ccc2c(c1)CCCC(=O)N2. The Kier molecular flexibility index (Phi) is 4.19. The molecule has 0 fully saturated rings. The lowest BCUT2D eigenvalue weighted by atomic mass is 9.88. The van der Waals surface area contributed by atoms with Gasteiger partial charge >= 0.3 is 0 Å². The second kappa shape index (κ2) is 5.54. The minimum absolute atomic E-state index is 0.0317. The zero-order valence-corrected chi connectivity index (χ0v) is 12.7. The van der Waals surface area contributed by atoms with Gasteiger partial charge < -0.3 is 5.32 Å². The molecule has 1 aromatic carbocycles. The van der Waals surface area contributed by atoms with E-state index >= 15 is 0 Å². The third-order valence-corrected chi connectivity index (χ3v) is 3.81. The average Bonchev–Trinajstić information content (AvgIpc) is 2.46. The average molecular weight is 280 g/mol. The van der Waals surface area contributed by atoms with E-state index in [2.05, 4.69) is 32.2 Å². The summed E-state index contributed by atoms with van der Waals surface area (Å²) in [4.78, 5) is 11.5. The number of carbonyl (C=O) groups is 1. The van der Waals surface area contributed by atoms with E-state index in [1.807, 2.05) is 12.1 Å². The van der Waals surface area contributed by atoms with Crippen LogP contribution in [-0.4, -0.2) is 5.91 Å². The van der Waals surface area contributed by atoms with Crippen molar-refractivity contribution >= 4 is 23.2 Å². The zero-order valence-electron chi connectivity index (χ0n) is 11.9. The minimum atomic E-state index is 0.0317. The fourth-order valence-electron chi connectivity index (χ4n) is 2.44. The molecule has 1 atom stereocenters. The molecule has 0 saturated heterocycles. The lowest BCUT2D eigenvalue weighted by molar-refractivity contribution is -0.116. The van der Waals surface area contributed by atoms with Gasteiger partial charge in [0, 0.05) is 12.1 Å². The third-order valence-electron chi connectivity index (χ3n) is 3.41. The molecular weight excluding hydrogens is 258 g/mol. The monoisotopic (exact) mass is 279 g/mol. The van der Waals surface area contributed by atoms with Crippen LogP contribution in [0.3, 0.4) is 0 Å². The van der Waals surface area contributed by atoms with E-state index in [-0.39, 0.29) is 16.7 Å². The molecule has 0 saturated carbocycles. The van der Waals surface area contributed by atoms with Crippen molar-refractivity contribution in [3.8, 4) is 0 Å². The van der Waals surface area contributed by atoms with Crippen LogP contribution in [0, 0.1) is 5.41 Å². The Labute approximate surface area is 120 Å². The maximum Gasteiger partial charge on any atom is 0.224 e. The van der Waals surface area contributed by atoms with Gasteiger partial charge in [0.05, 0.1) is 5.38 Å². The summed E-state index contributed by atoms with van der Waals surface area (Å²) >= 11 is 6.52. The van der Waals surface area contributed by atoms with Gasteiger partial charge in [-0.2, -0.15) is 0 Å². The Hall–Kier alpha value is -1.02. The van der Waals surface area contributed by atoms with Crippen LogP contribution in [0.5, 0.6) is 0 Å². The van der Waals surface area contributed by atoms with Crippen LogP contribution in [-0.2, 0) is 11.2 Å². The number of rotatable bonds is 2. The number of amides is 1. The molecule has 2 rings (SSSR count). The Morgan fingerprint density at radius 3 is 2.74 bits per heavy atom. The maximum atomic E-state index is 11.5. The molecule has 1 amide bonds. The Morgan fingerprint density at radius 1 is 1.32 bits per heavy atom. The van der Waals surface area contributed by atoms with Gasteiger partial charge in [0.25, 0.3) is 0 Å². The normalized spacial score (nSPS) is 17.4. The van der Waals surface area contributed by atoms with E-state index in [4.69, 9.17) is 11.6 Å². The van der Waals surface area contributed by atoms with Gasteiger partial charge in [-0.3, -0.25) is 4.79 Å². The fraction of sp³-hybridized carbons (Fsp3) is 0.562. The number of anilines is 1. The third kappa shape index (κ3) is 3.97. The predicted molar refractivity (Wildman–Crippen MR) is 80.7 cm³/mol. The molecule has 19 heavy (non-hydrogen) atoms. The fourth-order valence-corrected chi connectivity index (χ4v) is 3.04. The van der Waals surface area contributed by atoms with Gasteiger partial charge in [0.1, 0.15) is 0 Å². The molecule has 1 N–H and O–H groups in total. The van der Waals surface area contributed by atoms with Gasteiger partial charge in [0.2, 0.25) is 5.91 Å². The van der Waals surface area contributed by atoms with Crippen LogP contribution in [0.25, 0.3) is 0 Å². The lowest BCUT2D eigenvalue weighted by Crippen LogP contribution is -2.10. The maximum absolute atomic E-state index is 11.5. The van der Waals surface area contributed by atoms with Crippen molar-refractivity contribution in [3.63, 3.8) is 0 Å². The van der Waals surface area contributed by atoms with Gasteiger partial charge in [0.15, 0.2) is 0 Å². The first-order valence-electron chi connectivity index (χ1n) is 6.92. The highest BCUT2D eigenvalue weighted by Gasteiger charge is 2.20. The summed E-state index contributed by atoms with van der Waals surface area (Å²) in [5, 5.41) is 2.99. The van der Waals surface area contributed by atoms with Gasteiger partial charge in [-0.05, 0) is 41.9 Å². The van der Waals surface area contributed by atoms with E-state index in [9.17, 15) is 4.79 Å². The van der Waals surface area contributed by atoms with Crippen molar-refractivity contribution < 1.29 is 4.79 Å². The molecule has 0 radical (unpaired) electrons. The van der Waals surface area contributed by atoms with E-state index < -0.39 is 0 Å². The first-order chi connectivity index (χ1) is 8.85. The van der Waals surface area contributed by atoms with Gasteiger partial charge in [-0.15, -0.1) is 11.6 Å². The standard InChI is InChI=1S/C16H22ClNO/c1-16(2,3)10-13(17)11-7-8-14-12(9-11)5-4-6-15(19)18-14/h7-9,13H,4-6,10H2,1-3H3,(H,18,19). The van der Waals surface area contributed by atoms with Crippen molar-refractivity contribution in [1.29, 1.82) is 0 Å². The second-order valence-electron chi connectivity index (χ2n) is 6.55. The number of nitrogens with one attached hydrogen (secondary N) is 1. The van der Waals surface area contributed by atoms with E-state index in [0.29, 0.717) is 6.42 Å². The summed E-state index contributed by atoms with van der Waals surface area (Å²) in [6.45, 7) is 6.60. The number of fused-ring (bicyclic) bond motifs is 1.